The van der Waals surface area contributed by atoms with Crippen LogP contribution in [0.5, 0.6) is 5.75 Å². The second-order valence-electron chi connectivity index (χ2n) is 7.12. The molecule has 0 spiro atoms. The molecule has 0 amide bonds. The molecule has 2 rings (SSSR count). The zero-order valence-electron chi connectivity index (χ0n) is 14.9. The molecule has 4 N–H and O–H groups in total. The Bertz CT molecular complexity index is 644. The summed E-state index contributed by atoms with van der Waals surface area (Å²) in [6.07, 6.45) is 5.43. The highest BCUT2D eigenvalue weighted by Crippen LogP contribution is 2.47. The molecule has 0 bridgehead atoms. The van der Waals surface area contributed by atoms with E-state index >= 15 is 0 Å². The van der Waals surface area contributed by atoms with Crippen LogP contribution in [0.25, 0.3) is 0 Å². The van der Waals surface area contributed by atoms with E-state index in [4.69, 9.17) is 10.2 Å². The number of benzene rings is 1. The first-order valence-corrected chi connectivity index (χ1v) is 8.88. The Balaban J connectivity index is 2.25. The van der Waals surface area contributed by atoms with Gasteiger partial charge in [0.05, 0.1) is 18.8 Å². The molecule has 0 aliphatic heterocycles. The van der Waals surface area contributed by atoms with Crippen LogP contribution < -0.4 is 0 Å². The lowest BCUT2D eigenvalue weighted by Gasteiger charge is -2.34. The van der Waals surface area contributed by atoms with E-state index in [-0.39, 0.29) is 36.4 Å². The van der Waals surface area contributed by atoms with Crippen LogP contribution in [0.2, 0.25) is 0 Å². The first kappa shape index (κ1) is 19.5. The summed E-state index contributed by atoms with van der Waals surface area (Å²) in [6, 6.07) is 3.07. The number of carboxylic acid groups (broad SMARTS) is 1. The summed E-state index contributed by atoms with van der Waals surface area (Å²) >= 11 is 0. The molecule has 1 aliphatic rings. The predicted octanol–water partition coefficient (Wildman–Crippen LogP) is 3.40. The molecule has 138 valence electrons. The number of hydrogen-bond acceptors (Lipinski definition) is 4. The monoisotopic (exact) mass is 348 g/mol. The molecule has 1 aromatic carbocycles. The van der Waals surface area contributed by atoms with Crippen LogP contribution in [0.4, 0.5) is 0 Å². The quantitative estimate of drug-likeness (QED) is 0.566. The zero-order chi connectivity index (χ0) is 18.6. The highest BCUT2D eigenvalue weighted by Gasteiger charge is 2.31. The van der Waals surface area contributed by atoms with Crippen molar-refractivity contribution in [3.05, 3.63) is 40.5 Å². The summed E-state index contributed by atoms with van der Waals surface area (Å²) < 4.78 is 0. The van der Waals surface area contributed by atoms with Crippen LogP contribution in [0, 0.1) is 5.92 Å². The smallest absolute Gasteiger partial charge is 0.335 e. The third kappa shape index (κ3) is 4.41. The fraction of sp³-hybridized carbons (Fsp3) is 0.550. The van der Waals surface area contributed by atoms with Crippen LogP contribution in [0.15, 0.2) is 23.8 Å². The number of allylic oxidation sites excluding steroid dienone is 1. The maximum atomic E-state index is 11.3. The maximum Gasteiger partial charge on any atom is 0.335 e. The maximum absolute atomic E-state index is 11.3. The molecule has 0 radical (unpaired) electrons. The van der Waals surface area contributed by atoms with Crippen LogP contribution in [0.3, 0.4) is 0 Å². The fourth-order valence-electron chi connectivity index (χ4n) is 3.88. The van der Waals surface area contributed by atoms with E-state index in [1.165, 1.54) is 6.07 Å². The molecule has 0 saturated carbocycles. The molecule has 3 atom stereocenters. The number of carbonyl (C=O) groups is 1. The third-order valence-electron chi connectivity index (χ3n) is 5.39. The number of hydrogen-bond donors (Lipinski definition) is 4. The molecular weight excluding hydrogens is 320 g/mol. The van der Waals surface area contributed by atoms with E-state index in [1.807, 2.05) is 6.08 Å². The minimum Gasteiger partial charge on any atom is -0.508 e. The first-order chi connectivity index (χ1) is 11.9. The van der Waals surface area contributed by atoms with Crippen LogP contribution in [-0.2, 0) is 0 Å². The Morgan fingerprint density at radius 1 is 1.28 bits per heavy atom. The number of aromatic hydroxyl groups is 1. The molecule has 25 heavy (non-hydrogen) atoms. The molecule has 0 unspecified atom stereocenters. The van der Waals surface area contributed by atoms with Crippen molar-refractivity contribution >= 4 is 5.97 Å². The Morgan fingerprint density at radius 3 is 2.56 bits per heavy atom. The van der Waals surface area contributed by atoms with Gasteiger partial charge in [-0.1, -0.05) is 19.9 Å². The Kier molecular flexibility index (Phi) is 6.62. The second kappa shape index (κ2) is 8.50. The minimum absolute atomic E-state index is 0.0852. The molecule has 1 aromatic rings. The van der Waals surface area contributed by atoms with Gasteiger partial charge in [0.15, 0.2) is 0 Å². The summed E-state index contributed by atoms with van der Waals surface area (Å²) in [7, 11) is 0. The summed E-state index contributed by atoms with van der Waals surface area (Å²) in [4.78, 5) is 11.3. The van der Waals surface area contributed by atoms with Gasteiger partial charge >= 0.3 is 5.97 Å². The third-order valence-corrected chi connectivity index (χ3v) is 5.39. The van der Waals surface area contributed by atoms with E-state index in [2.05, 4.69) is 13.8 Å². The van der Waals surface area contributed by atoms with Gasteiger partial charge in [0.2, 0.25) is 0 Å². The summed E-state index contributed by atoms with van der Waals surface area (Å²) in [5, 5.41) is 37.8. The second-order valence-corrected chi connectivity index (χ2v) is 7.12. The summed E-state index contributed by atoms with van der Waals surface area (Å²) in [6.45, 7) is 3.94. The molecule has 0 fully saturated rings. The lowest BCUT2D eigenvalue weighted by atomic mass is 9.71. The van der Waals surface area contributed by atoms with Gasteiger partial charge in [-0.25, -0.2) is 4.79 Å². The largest absolute Gasteiger partial charge is 0.508 e. The Labute approximate surface area is 148 Å². The van der Waals surface area contributed by atoms with Gasteiger partial charge in [-0.3, -0.25) is 0 Å². The lowest BCUT2D eigenvalue weighted by Crippen LogP contribution is -2.19. The standard InChI is InChI=1S/C20H28O5/c1-12(4-3-5-14(10-21)11-22)16-7-6-13(2)19-17(16)8-15(20(24)25)9-18(19)23/h5,8-9,12-13,16,21-23H,3-4,6-7,10-11H2,1-2H3,(H,24,25)/t12-,13+,16-/m0/s1. The summed E-state index contributed by atoms with van der Waals surface area (Å²) in [5.74, 6) is -0.208. The van der Waals surface area contributed by atoms with Crippen molar-refractivity contribution in [2.45, 2.75) is 51.4 Å². The number of phenols is 1. The number of phenolic OH excluding ortho intramolecular Hbond substituents is 1. The number of carboxylic acids is 1. The molecule has 5 heteroatoms. The van der Waals surface area contributed by atoms with Gasteiger partial charge in [-0.2, -0.15) is 0 Å². The Morgan fingerprint density at radius 2 is 1.96 bits per heavy atom. The average Bonchev–Trinajstić information content (AvgIpc) is 2.58. The van der Waals surface area contributed by atoms with E-state index in [0.717, 1.165) is 36.8 Å². The number of rotatable bonds is 7. The van der Waals surface area contributed by atoms with E-state index in [0.29, 0.717) is 11.5 Å². The van der Waals surface area contributed by atoms with Gasteiger partial charge in [0, 0.05) is 5.56 Å². The highest BCUT2D eigenvalue weighted by molar-refractivity contribution is 5.88. The van der Waals surface area contributed by atoms with Crippen LogP contribution in [0.1, 0.15) is 72.9 Å². The number of aliphatic hydroxyl groups is 2. The van der Waals surface area contributed by atoms with Gasteiger partial charge in [-0.15, -0.1) is 0 Å². The van der Waals surface area contributed by atoms with Gasteiger partial charge < -0.3 is 20.4 Å². The summed E-state index contributed by atoms with van der Waals surface area (Å²) in [5.41, 5.74) is 2.59. The lowest BCUT2D eigenvalue weighted by molar-refractivity contribution is 0.0696. The molecule has 5 nitrogen and oxygen atoms in total. The number of fused-ring (bicyclic) bond motifs is 1. The Hall–Kier alpha value is -1.85. The van der Waals surface area contributed by atoms with Gasteiger partial charge in [0.25, 0.3) is 0 Å². The van der Waals surface area contributed by atoms with E-state index < -0.39 is 5.97 Å². The van der Waals surface area contributed by atoms with Crippen molar-refractivity contribution in [2.75, 3.05) is 13.2 Å². The van der Waals surface area contributed by atoms with Gasteiger partial charge in [-0.05, 0) is 66.7 Å². The molecule has 0 heterocycles. The molecule has 0 aromatic heterocycles. The van der Waals surface area contributed by atoms with E-state index in [9.17, 15) is 15.0 Å². The van der Waals surface area contributed by atoms with E-state index in [1.54, 1.807) is 6.07 Å². The molecule has 1 aliphatic carbocycles. The molecular formula is C20H28O5. The zero-order valence-corrected chi connectivity index (χ0v) is 14.9. The van der Waals surface area contributed by atoms with Gasteiger partial charge in [0.1, 0.15) is 5.75 Å². The van der Waals surface area contributed by atoms with Crippen molar-refractivity contribution < 1.29 is 25.2 Å². The normalized spacial score (nSPS) is 20.6. The van der Waals surface area contributed by atoms with Crippen LogP contribution in [-0.4, -0.2) is 39.6 Å². The predicted molar refractivity (Wildman–Crippen MR) is 96.1 cm³/mol. The average molecular weight is 348 g/mol. The first-order valence-electron chi connectivity index (χ1n) is 8.88. The SMILES string of the molecule is C[C@@H]1CC[C@@H]([C@@H](C)CCC=C(CO)CO)c2cc(C(=O)O)cc(O)c21. The van der Waals surface area contributed by atoms with Crippen molar-refractivity contribution in [1.82, 2.24) is 0 Å². The van der Waals surface area contributed by atoms with Crippen molar-refractivity contribution in [3.8, 4) is 5.75 Å². The van der Waals surface area contributed by atoms with Crippen molar-refractivity contribution in [2.24, 2.45) is 5.92 Å². The highest BCUT2D eigenvalue weighted by atomic mass is 16.4. The van der Waals surface area contributed by atoms with Crippen molar-refractivity contribution in [3.63, 3.8) is 0 Å². The topological polar surface area (TPSA) is 98.0 Å². The number of aromatic carboxylic acids is 1. The van der Waals surface area contributed by atoms with Crippen LogP contribution >= 0.6 is 0 Å². The fourth-order valence-corrected chi connectivity index (χ4v) is 3.88. The minimum atomic E-state index is -1.03. The van der Waals surface area contributed by atoms with Crippen molar-refractivity contribution in [1.29, 1.82) is 0 Å². The number of aliphatic hydroxyl groups excluding tert-OH is 2. The molecule has 0 saturated heterocycles.